The number of hydrogen-bond donors (Lipinski definition) is 0. The lowest BCUT2D eigenvalue weighted by Gasteiger charge is -2.26. The molecule has 0 saturated heterocycles. The van der Waals surface area contributed by atoms with E-state index in [1.165, 1.54) is 6.07 Å². The quantitative estimate of drug-likeness (QED) is 0.262. The molecule has 3 rings (SSSR count). The summed E-state index contributed by atoms with van der Waals surface area (Å²) < 4.78 is 24.2. The predicted molar refractivity (Wildman–Crippen MR) is 132 cm³/mol. The van der Waals surface area contributed by atoms with Crippen LogP contribution in [-0.2, 0) is 13.1 Å². The minimum Gasteiger partial charge on any atom is -0.497 e. The van der Waals surface area contributed by atoms with Crippen LogP contribution >= 0.6 is 23.4 Å². The topological polar surface area (TPSA) is 34.1 Å². The molecule has 0 aliphatic heterocycles. The van der Waals surface area contributed by atoms with Crippen molar-refractivity contribution in [1.82, 2.24) is 4.90 Å². The Labute approximate surface area is 198 Å². The van der Waals surface area contributed by atoms with Gasteiger partial charge in [0, 0.05) is 13.1 Å². The third kappa shape index (κ3) is 6.65. The Morgan fingerprint density at radius 3 is 1.88 bits per heavy atom. The highest BCUT2D eigenvalue weighted by Gasteiger charge is 2.15. The zero-order valence-electron chi connectivity index (χ0n) is 18.3. The van der Waals surface area contributed by atoms with Gasteiger partial charge in [-0.05, 0) is 59.3 Å². The van der Waals surface area contributed by atoms with Crippen molar-refractivity contribution in [2.45, 2.75) is 20.0 Å². The Hall–Kier alpha value is -2.70. The molecule has 0 aliphatic rings. The molecule has 0 aliphatic carbocycles. The molecule has 0 saturated carbocycles. The summed E-state index contributed by atoms with van der Waals surface area (Å²) in [5.74, 6) is 2.01. The lowest BCUT2D eigenvalue weighted by molar-refractivity contribution is 0.405. The maximum Gasteiger partial charge on any atom is 0.164 e. The molecular formula is C25H26ClFN2O2S. The normalized spacial score (nSPS) is 11.3. The van der Waals surface area contributed by atoms with Gasteiger partial charge in [0.25, 0.3) is 0 Å². The van der Waals surface area contributed by atoms with Crippen LogP contribution in [-0.4, -0.2) is 30.0 Å². The molecule has 0 fully saturated rings. The number of hydrogen-bond acceptors (Lipinski definition) is 4. The van der Waals surface area contributed by atoms with Crippen molar-refractivity contribution in [3.63, 3.8) is 0 Å². The van der Waals surface area contributed by atoms with Crippen molar-refractivity contribution in [2.24, 2.45) is 4.99 Å². The average Bonchev–Trinajstić information content (AvgIpc) is 2.81. The molecule has 0 amide bonds. The highest BCUT2D eigenvalue weighted by atomic mass is 35.5. The third-order valence-electron chi connectivity index (χ3n) is 4.74. The first kappa shape index (κ1) is 24.0. The first-order valence-electron chi connectivity index (χ1n) is 10.2. The first-order chi connectivity index (χ1) is 15.5. The maximum absolute atomic E-state index is 13.6. The lowest BCUT2D eigenvalue weighted by atomic mass is 10.1. The van der Waals surface area contributed by atoms with Crippen LogP contribution in [0.4, 0.5) is 10.1 Å². The van der Waals surface area contributed by atoms with Crippen LogP contribution in [0.2, 0.25) is 5.02 Å². The van der Waals surface area contributed by atoms with Gasteiger partial charge in [0.2, 0.25) is 0 Å². The molecular weight excluding hydrogens is 447 g/mol. The first-order valence-corrected chi connectivity index (χ1v) is 11.6. The van der Waals surface area contributed by atoms with Crippen molar-refractivity contribution < 1.29 is 13.9 Å². The van der Waals surface area contributed by atoms with Crippen LogP contribution in [0.5, 0.6) is 11.5 Å². The molecule has 4 nitrogen and oxygen atoms in total. The smallest absolute Gasteiger partial charge is 0.164 e. The molecule has 0 bridgehead atoms. The summed E-state index contributed by atoms with van der Waals surface area (Å²) in [6.45, 7) is 3.38. The molecule has 0 unspecified atom stereocenters. The Kier molecular flexibility index (Phi) is 8.82. The number of halogens is 2. The Balaban J connectivity index is 1.95. The molecule has 0 heterocycles. The predicted octanol–water partition coefficient (Wildman–Crippen LogP) is 6.94. The number of amidine groups is 1. The molecule has 0 radical (unpaired) electrons. The fourth-order valence-electron chi connectivity index (χ4n) is 3.08. The maximum atomic E-state index is 13.6. The van der Waals surface area contributed by atoms with Crippen LogP contribution < -0.4 is 9.47 Å². The summed E-state index contributed by atoms with van der Waals surface area (Å²) in [6, 6.07) is 20.5. The van der Waals surface area contributed by atoms with Gasteiger partial charge in [-0.2, -0.15) is 0 Å². The number of aliphatic imine (C=N–C) groups is 1. The number of methoxy groups -OCH3 is 2. The molecule has 3 aromatic carbocycles. The van der Waals surface area contributed by atoms with Gasteiger partial charge < -0.3 is 14.4 Å². The van der Waals surface area contributed by atoms with E-state index in [4.69, 9.17) is 26.1 Å². The van der Waals surface area contributed by atoms with E-state index in [0.717, 1.165) is 33.5 Å². The Morgan fingerprint density at radius 2 is 1.44 bits per heavy atom. The van der Waals surface area contributed by atoms with Gasteiger partial charge in [-0.15, -0.1) is 0 Å². The molecule has 0 N–H and O–H groups in total. The van der Waals surface area contributed by atoms with E-state index in [-0.39, 0.29) is 5.02 Å². The summed E-state index contributed by atoms with van der Waals surface area (Å²) >= 11 is 7.62. The van der Waals surface area contributed by atoms with Crippen LogP contribution in [0, 0.1) is 5.82 Å². The van der Waals surface area contributed by atoms with Gasteiger partial charge in [0.1, 0.15) is 17.3 Å². The SMILES string of the molecule is CCSC(=Nc1ccc(F)c(Cl)c1)N(Cc1ccc(OC)cc1)Cc1ccc(OC)cc1. The highest BCUT2D eigenvalue weighted by molar-refractivity contribution is 8.13. The number of rotatable bonds is 8. The van der Waals surface area contributed by atoms with E-state index in [2.05, 4.69) is 11.8 Å². The van der Waals surface area contributed by atoms with Crippen molar-refractivity contribution >= 4 is 34.2 Å². The zero-order chi connectivity index (χ0) is 22.9. The Bertz CT molecular complexity index is 993. The monoisotopic (exact) mass is 472 g/mol. The molecule has 32 heavy (non-hydrogen) atoms. The van der Waals surface area contributed by atoms with Gasteiger partial charge in [0.05, 0.1) is 24.9 Å². The zero-order valence-corrected chi connectivity index (χ0v) is 19.9. The Morgan fingerprint density at radius 1 is 0.906 bits per heavy atom. The number of benzene rings is 3. The van der Waals surface area contributed by atoms with Crippen LogP contribution in [0.15, 0.2) is 71.7 Å². The standard InChI is InChI=1S/C25H26ClFN2O2S/c1-4-32-25(28-20-9-14-24(27)23(26)15-20)29(16-18-5-10-21(30-2)11-6-18)17-19-7-12-22(31-3)13-8-19/h5-15H,4,16-17H2,1-3H3. The van der Waals surface area contributed by atoms with Crippen molar-refractivity contribution in [3.05, 3.63) is 88.7 Å². The fourth-order valence-corrected chi connectivity index (χ4v) is 4.00. The molecule has 7 heteroatoms. The van der Waals surface area contributed by atoms with E-state index in [1.807, 2.05) is 48.5 Å². The molecule has 168 valence electrons. The van der Waals surface area contributed by atoms with Gasteiger partial charge in [-0.25, -0.2) is 9.38 Å². The fraction of sp³-hybridized carbons (Fsp3) is 0.240. The highest BCUT2D eigenvalue weighted by Crippen LogP contribution is 2.26. The lowest BCUT2D eigenvalue weighted by Crippen LogP contribution is -2.28. The third-order valence-corrected chi connectivity index (χ3v) is 5.92. The van der Waals surface area contributed by atoms with Crippen LogP contribution in [0.1, 0.15) is 18.1 Å². The van der Waals surface area contributed by atoms with E-state index in [1.54, 1.807) is 38.1 Å². The second-order valence-electron chi connectivity index (χ2n) is 6.98. The van der Waals surface area contributed by atoms with Crippen LogP contribution in [0.25, 0.3) is 0 Å². The minimum absolute atomic E-state index is 0.0592. The van der Waals surface area contributed by atoms with E-state index in [9.17, 15) is 4.39 Å². The van der Waals surface area contributed by atoms with Gasteiger partial charge in [-0.3, -0.25) is 0 Å². The molecule has 0 atom stereocenters. The van der Waals surface area contributed by atoms with E-state index in [0.29, 0.717) is 18.8 Å². The number of thioether (sulfide) groups is 1. The van der Waals surface area contributed by atoms with Crippen molar-refractivity contribution in [1.29, 1.82) is 0 Å². The summed E-state index contributed by atoms with van der Waals surface area (Å²) in [7, 11) is 3.31. The largest absolute Gasteiger partial charge is 0.497 e. The number of nitrogens with zero attached hydrogens (tertiary/aromatic N) is 2. The minimum atomic E-state index is -0.455. The van der Waals surface area contributed by atoms with E-state index < -0.39 is 5.82 Å². The second-order valence-corrected chi connectivity index (χ2v) is 8.62. The van der Waals surface area contributed by atoms with Crippen molar-refractivity contribution in [2.75, 3.05) is 20.0 Å². The van der Waals surface area contributed by atoms with Gasteiger partial charge in [-0.1, -0.05) is 54.6 Å². The summed E-state index contributed by atoms with van der Waals surface area (Å²) in [4.78, 5) is 7.02. The molecule has 0 aromatic heterocycles. The molecule has 3 aromatic rings. The van der Waals surface area contributed by atoms with Crippen LogP contribution in [0.3, 0.4) is 0 Å². The van der Waals surface area contributed by atoms with E-state index >= 15 is 0 Å². The van der Waals surface area contributed by atoms with Gasteiger partial charge in [0.15, 0.2) is 5.17 Å². The average molecular weight is 473 g/mol. The van der Waals surface area contributed by atoms with Crippen molar-refractivity contribution in [3.8, 4) is 11.5 Å². The summed E-state index contributed by atoms with van der Waals surface area (Å²) in [5, 5.41) is 0.894. The number of ether oxygens (including phenoxy) is 2. The molecule has 0 spiro atoms. The van der Waals surface area contributed by atoms with Gasteiger partial charge >= 0.3 is 0 Å². The summed E-state index contributed by atoms with van der Waals surface area (Å²) in [5.41, 5.74) is 2.86. The second kappa shape index (κ2) is 11.8. The summed E-state index contributed by atoms with van der Waals surface area (Å²) in [6.07, 6.45) is 0.